The SMILES string of the molecule is CC(C)(C)CC(CO)NC(=O)c1ccc(Br)o1. The van der Waals surface area contributed by atoms with Crippen molar-refractivity contribution < 1.29 is 14.3 Å². The van der Waals surface area contributed by atoms with Gasteiger partial charge in [-0.1, -0.05) is 20.8 Å². The first-order valence-corrected chi connectivity index (χ1v) is 6.28. The maximum atomic E-state index is 11.8. The van der Waals surface area contributed by atoms with E-state index >= 15 is 0 Å². The fraction of sp³-hybridized carbons (Fsp3) is 0.583. The van der Waals surface area contributed by atoms with Gasteiger partial charge in [0.15, 0.2) is 10.4 Å². The van der Waals surface area contributed by atoms with Gasteiger partial charge in [0.2, 0.25) is 0 Å². The number of furan rings is 1. The first-order valence-electron chi connectivity index (χ1n) is 5.49. The molecule has 0 spiro atoms. The molecule has 0 saturated carbocycles. The Morgan fingerprint density at radius 1 is 1.53 bits per heavy atom. The lowest BCUT2D eigenvalue weighted by Crippen LogP contribution is -2.39. The summed E-state index contributed by atoms with van der Waals surface area (Å²) in [4.78, 5) is 11.8. The molecule has 0 aliphatic carbocycles. The van der Waals surface area contributed by atoms with Crippen LogP contribution in [0.2, 0.25) is 0 Å². The normalized spacial score (nSPS) is 13.5. The maximum absolute atomic E-state index is 11.8. The van der Waals surface area contributed by atoms with E-state index in [1.165, 1.54) is 0 Å². The second-order valence-electron chi connectivity index (χ2n) is 5.22. The number of rotatable bonds is 4. The summed E-state index contributed by atoms with van der Waals surface area (Å²) < 4.78 is 5.66. The summed E-state index contributed by atoms with van der Waals surface area (Å²) in [6.45, 7) is 6.10. The molecule has 1 rings (SSSR count). The smallest absolute Gasteiger partial charge is 0.287 e. The third-order valence-electron chi connectivity index (χ3n) is 2.21. The van der Waals surface area contributed by atoms with Crippen LogP contribution in [0.3, 0.4) is 0 Å². The minimum absolute atomic E-state index is 0.0461. The molecule has 0 aliphatic heterocycles. The fourth-order valence-electron chi connectivity index (χ4n) is 1.59. The van der Waals surface area contributed by atoms with Gasteiger partial charge in [0, 0.05) is 0 Å². The third-order valence-corrected chi connectivity index (χ3v) is 2.64. The van der Waals surface area contributed by atoms with Crippen molar-refractivity contribution in [2.45, 2.75) is 33.2 Å². The van der Waals surface area contributed by atoms with Gasteiger partial charge in [0.05, 0.1) is 12.6 Å². The summed E-state index contributed by atoms with van der Waals surface area (Å²) in [6, 6.07) is 2.99. The predicted octanol–water partition coefficient (Wildman–Crippen LogP) is 2.57. The van der Waals surface area contributed by atoms with Crippen LogP contribution in [0.15, 0.2) is 21.2 Å². The number of hydrogen-bond donors (Lipinski definition) is 2. The highest BCUT2D eigenvalue weighted by molar-refractivity contribution is 9.10. The highest BCUT2D eigenvalue weighted by Crippen LogP contribution is 2.21. The molecule has 1 heterocycles. The van der Waals surface area contributed by atoms with E-state index in [0.29, 0.717) is 11.1 Å². The predicted molar refractivity (Wildman–Crippen MR) is 68.8 cm³/mol. The third kappa shape index (κ3) is 4.91. The van der Waals surface area contributed by atoms with Crippen LogP contribution < -0.4 is 5.32 Å². The van der Waals surface area contributed by atoms with E-state index in [-0.39, 0.29) is 29.7 Å². The van der Waals surface area contributed by atoms with Crippen molar-refractivity contribution in [2.75, 3.05) is 6.61 Å². The van der Waals surface area contributed by atoms with E-state index in [9.17, 15) is 9.90 Å². The van der Waals surface area contributed by atoms with Crippen LogP contribution in [0.5, 0.6) is 0 Å². The Labute approximate surface area is 110 Å². The van der Waals surface area contributed by atoms with Crippen molar-refractivity contribution in [1.29, 1.82) is 0 Å². The van der Waals surface area contributed by atoms with Crippen LogP contribution in [-0.2, 0) is 0 Å². The maximum Gasteiger partial charge on any atom is 0.287 e. The molecule has 1 atom stereocenters. The summed E-state index contributed by atoms with van der Waals surface area (Å²) in [6.07, 6.45) is 0.705. The summed E-state index contributed by atoms with van der Waals surface area (Å²) >= 11 is 3.14. The summed E-state index contributed by atoms with van der Waals surface area (Å²) in [5.41, 5.74) is 0.0461. The van der Waals surface area contributed by atoms with Crippen molar-refractivity contribution in [1.82, 2.24) is 5.32 Å². The van der Waals surface area contributed by atoms with Crippen LogP contribution >= 0.6 is 15.9 Å². The zero-order valence-corrected chi connectivity index (χ0v) is 11.9. The molecule has 17 heavy (non-hydrogen) atoms. The van der Waals surface area contributed by atoms with Gasteiger partial charge in [0.1, 0.15) is 0 Å². The van der Waals surface area contributed by atoms with E-state index in [1.807, 2.05) is 0 Å². The van der Waals surface area contributed by atoms with Gasteiger partial charge in [-0.05, 0) is 39.9 Å². The second-order valence-corrected chi connectivity index (χ2v) is 6.00. The minimum Gasteiger partial charge on any atom is -0.444 e. The molecule has 4 nitrogen and oxygen atoms in total. The van der Waals surface area contributed by atoms with Crippen LogP contribution in [0.25, 0.3) is 0 Å². The highest BCUT2D eigenvalue weighted by Gasteiger charge is 2.21. The molecule has 1 amide bonds. The largest absolute Gasteiger partial charge is 0.444 e. The van der Waals surface area contributed by atoms with Gasteiger partial charge in [0.25, 0.3) is 5.91 Å². The average Bonchev–Trinajstić information content (AvgIpc) is 2.61. The van der Waals surface area contributed by atoms with Crippen molar-refractivity contribution in [2.24, 2.45) is 5.41 Å². The first kappa shape index (κ1) is 14.3. The van der Waals surface area contributed by atoms with Crippen LogP contribution in [0.1, 0.15) is 37.7 Å². The molecule has 0 saturated heterocycles. The molecule has 5 heteroatoms. The number of nitrogens with one attached hydrogen (secondary N) is 1. The van der Waals surface area contributed by atoms with E-state index in [4.69, 9.17) is 4.42 Å². The molecule has 2 N–H and O–H groups in total. The topological polar surface area (TPSA) is 62.5 Å². The van der Waals surface area contributed by atoms with Crippen molar-refractivity contribution in [3.63, 3.8) is 0 Å². The summed E-state index contributed by atoms with van der Waals surface area (Å²) in [7, 11) is 0. The molecule has 0 fully saturated rings. The zero-order valence-electron chi connectivity index (χ0n) is 10.3. The van der Waals surface area contributed by atoms with Crippen molar-refractivity contribution >= 4 is 21.8 Å². The lowest BCUT2D eigenvalue weighted by Gasteiger charge is -2.25. The lowest BCUT2D eigenvalue weighted by atomic mass is 9.88. The van der Waals surface area contributed by atoms with Crippen LogP contribution in [-0.4, -0.2) is 23.7 Å². The van der Waals surface area contributed by atoms with Gasteiger partial charge < -0.3 is 14.8 Å². The Morgan fingerprint density at radius 2 is 2.18 bits per heavy atom. The molecule has 1 aromatic heterocycles. The number of carbonyl (C=O) groups is 1. The molecule has 0 bridgehead atoms. The summed E-state index contributed by atoms with van der Waals surface area (Å²) in [5, 5.41) is 12.0. The fourth-order valence-corrected chi connectivity index (χ4v) is 1.90. The summed E-state index contributed by atoms with van der Waals surface area (Å²) in [5.74, 6) is -0.0664. The molecule has 1 unspecified atom stereocenters. The number of amides is 1. The molecule has 0 radical (unpaired) electrons. The van der Waals surface area contributed by atoms with E-state index in [0.717, 1.165) is 0 Å². The number of halogens is 1. The van der Waals surface area contributed by atoms with Crippen molar-refractivity contribution in [3.05, 3.63) is 22.6 Å². The van der Waals surface area contributed by atoms with E-state index < -0.39 is 0 Å². The van der Waals surface area contributed by atoms with Crippen molar-refractivity contribution in [3.8, 4) is 0 Å². The average molecular weight is 304 g/mol. The van der Waals surface area contributed by atoms with Gasteiger partial charge in [-0.2, -0.15) is 0 Å². The number of carbonyl (C=O) groups excluding carboxylic acids is 1. The van der Waals surface area contributed by atoms with Gasteiger partial charge in [-0.3, -0.25) is 4.79 Å². The lowest BCUT2D eigenvalue weighted by molar-refractivity contribution is 0.0868. The van der Waals surface area contributed by atoms with E-state index in [1.54, 1.807) is 12.1 Å². The molecule has 1 aromatic rings. The molecular formula is C12H18BrNO3. The Hall–Kier alpha value is -0.810. The Kier molecular flexibility index (Phi) is 4.77. The number of aliphatic hydroxyl groups is 1. The minimum atomic E-state index is -0.306. The van der Waals surface area contributed by atoms with Gasteiger partial charge >= 0.3 is 0 Å². The standard InChI is InChI=1S/C12H18BrNO3/c1-12(2,3)6-8(7-15)14-11(16)9-4-5-10(13)17-9/h4-5,8,15H,6-7H2,1-3H3,(H,14,16). The molecule has 0 aliphatic rings. The molecular weight excluding hydrogens is 286 g/mol. The Morgan fingerprint density at radius 3 is 2.59 bits per heavy atom. The zero-order chi connectivity index (χ0) is 13.1. The van der Waals surface area contributed by atoms with Crippen LogP contribution in [0.4, 0.5) is 0 Å². The second kappa shape index (κ2) is 5.69. The van der Waals surface area contributed by atoms with E-state index in [2.05, 4.69) is 42.0 Å². The number of aliphatic hydroxyl groups excluding tert-OH is 1. The molecule has 96 valence electrons. The quantitative estimate of drug-likeness (QED) is 0.898. The monoisotopic (exact) mass is 303 g/mol. The number of hydrogen-bond acceptors (Lipinski definition) is 3. The Balaban J connectivity index is 2.60. The first-order chi connectivity index (χ1) is 7.81. The Bertz CT molecular complexity index is 381. The van der Waals surface area contributed by atoms with Gasteiger partial charge in [-0.15, -0.1) is 0 Å². The molecule has 0 aromatic carbocycles. The van der Waals surface area contributed by atoms with Gasteiger partial charge in [-0.25, -0.2) is 0 Å². The highest BCUT2D eigenvalue weighted by atomic mass is 79.9. The van der Waals surface area contributed by atoms with Crippen LogP contribution in [0, 0.1) is 5.41 Å².